The van der Waals surface area contributed by atoms with E-state index in [0.717, 1.165) is 18.2 Å². The highest BCUT2D eigenvalue weighted by molar-refractivity contribution is 5.48. The number of methoxy groups -OCH3 is 1. The first-order valence-electron chi connectivity index (χ1n) is 3.89. The van der Waals surface area contributed by atoms with Gasteiger partial charge < -0.3 is 10.1 Å². The van der Waals surface area contributed by atoms with E-state index in [9.17, 15) is 0 Å². The number of hydrogen-bond acceptors (Lipinski definition) is 4. The molecule has 0 spiro atoms. The molecule has 1 rings (SSSR count). The number of anilines is 1. The molecule has 0 saturated heterocycles. The van der Waals surface area contributed by atoms with Gasteiger partial charge in [-0.25, -0.2) is 9.97 Å². The second-order valence-corrected chi connectivity index (χ2v) is 2.36. The van der Waals surface area contributed by atoms with Gasteiger partial charge in [-0.15, -0.1) is 0 Å². The molecule has 12 heavy (non-hydrogen) atoms. The summed E-state index contributed by atoms with van der Waals surface area (Å²) in [4.78, 5) is 8.20. The van der Waals surface area contributed by atoms with Gasteiger partial charge in [-0.05, 0) is 13.8 Å². The largest absolute Gasteiger partial charge is 0.491 e. The van der Waals surface area contributed by atoms with Crippen molar-refractivity contribution in [1.82, 2.24) is 9.97 Å². The summed E-state index contributed by atoms with van der Waals surface area (Å²) >= 11 is 0. The van der Waals surface area contributed by atoms with Crippen LogP contribution >= 0.6 is 0 Å². The lowest BCUT2D eigenvalue weighted by Crippen LogP contribution is -2.03. The van der Waals surface area contributed by atoms with Gasteiger partial charge in [0.25, 0.3) is 0 Å². The number of nitrogens with zero attached hydrogens (tertiary/aromatic N) is 2. The fourth-order valence-corrected chi connectivity index (χ4v) is 0.902. The lowest BCUT2D eigenvalue weighted by molar-refractivity contribution is 0.412. The Labute approximate surface area is 72.0 Å². The van der Waals surface area contributed by atoms with Crippen molar-refractivity contribution in [3.05, 3.63) is 12.0 Å². The maximum atomic E-state index is 5.07. The minimum absolute atomic E-state index is 0.683. The molecule has 0 aliphatic heterocycles. The normalized spacial score (nSPS) is 9.58. The molecule has 0 aliphatic carbocycles. The summed E-state index contributed by atoms with van der Waals surface area (Å²) < 4.78 is 5.07. The van der Waals surface area contributed by atoms with Gasteiger partial charge in [-0.3, -0.25) is 0 Å². The topological polar surface area (TPSA) is 47.0 Å². The van der Waals surface area contributed by atoms with Crippen LogP contribution in [0.5, 0.6) is 5.75 Å². The molecular formula is C8H13N3O. The van der Waals surface area contributed by atoms with Crippen molar-refractivity contribution < 1.29 is 4.74 Å². The van der Waals surface area contributed by atoms with E-state index in [4.69, 9.17) is 4.74 Å². The highest BCUT2D eigenvalue weighted by atomic mass is 16.5. The van der Waals surface area contributed by atoms with E-state index in [2.05, 4.69) is 15.3 Å². The first-order chi connectivity index (χ1) is 5.77. The van der Waals surface area contributed by atoms with Gasteiger partial charge >= 0.3 is 0 Å². The van der Waals surface area contributed by atoms with E-state index in [1.165, 1.54) is 0 Å². The van der Waals surface area contributed by atoms with Crippen LogP contribution in [0.3, 0.4) is 0 Å². The van der Waals surface area contributed by atoms with Crippen LogP contribution in [0.15, 0.2) is 6.20 Å². The molecule has 1 aromatic heterocycles. The molecule has 0 aromatic carbocycles. The van der Waals surface area contributed by atoms with Gasteiger partial charge in [-0.2, -0.15) is 0 Å². The van der Waals surface area contributed by atoms with E-state index in [0.29, 0.717) is 5.75 Å². The fourth-order valence-electron chi connectivity index (χ4n) is 0.902. The van der Waals surface area contributed by atoms with Gasteiger partial charge in [0.15, 0.2) is 11.6 Å². The van der Waals surface area contributed by atoms with Crippen LogP contribution in [0.25, 0.3) is 0 Å². The minimum atomic E-state index is 0.683. The number of nitrogens with one attached hydrogen (secondary N) is 1. The Morgan fingerprint density at radius 3 is 2.92 bits per heavy atom. The van der Waals surface area contributed by atoms with Crippen molar-refractivity contribution in [3.63, 3.8) is 0 Å². The predicted octanol–water partition coefficient (Wildman–Crippen LogP) is 1.23. The van der Waals surface area contributed by atoms with Crippen LogP contribution in [-0.2, 0) is 0 Å². The Morgan fingerprint density at radius 1 is 1.58 bits per heavy atom. The molecule has 0 unspecified atom stereocenters. The van der Waals surface area contributed by atoms with Crippen molar-refractivity contribution in [1.29, 1.82) is 0 Å². The van der Waals surface area contributed by atoms with E-state index < -0.39 is 0 Å². The molecule has 0 bridgehead atoms. The van der Waals surface area contributed by atoms with Crippen molar-refractivity contribution in [3.8, 4) is 5.75 Å². The highest BCUT2D eigenvalue weighted by Gasteiger charge is 2.02. The standard InChI is InChI=1S/C8H13N3O/c1-4-9-8-7(12-3)5-10-6(2)11-8/h5H,4H2,1-3H3,(H,9,10,11). The molecule has 1 N–H and O–H groups in total. The fraction of sp³-hybridized carbons (Fsp3) is 0.500. The van der Waals surface area contributed by atoms with Crippen LogP contribution in [0.1, 0.15) is 12.7 Å². The Kier molecular flexibility index (Phi) is 2.85. The molecule has 1 heterocycles. The minimum Gasteiger partial charge on any atom is -0.491 e. The van der Waals surface area contributed by atoms with Crippen LogP contribution in [0, 0.1) is 6.92 Å². The van der Waals surface area contributed by atoms with Gasteiger partial charge in [0.05, 0.1) is 13.3 Å². The lowest BCUT2D eigenvalue weighted by atomic mass is 10.5. The lowest BCUT2D eigenvalue weighted by Gasteiger charge is -2.07. The smallest absolute Gasteiger partial charge is 0.179 e. The zero-order valence-electron chi connectivity index (χ0n) is 7.59. The Hall–Kier alpha value is -1.32. The number of hydrogen-bond donors (Lipinski definition) is 1. The molecule has 0 radical (unpaired) electrons. The van der Waals surface area contributed by atoms with E-state index in [1.54, 1.807) is 13.3 Å². The zero-order valence-corrected chi connectivity index (χ0v) is 7.59. The second kappa shape index (κ2) is 3.90. The summed E-state index contributed by atoms with van der Waals surface area (Å²) in [5.41, 5.74) is 0. The average molecular weight is 167 g/mol. The van der Waals surface area contributed by atoms with Crippen LogP contribution in [0.4, 0.5) is 5.82 Å². The highest BCUT2D eigenvalue weighted by Crippen LogP contribution is 2.19. The van der Waals surface area contributed by atoms with Gasteiger partial charge in [0.2, 0.25) is 0 Å². The SMILES string of the molecule is CCNc1nc(C)ncc1OC. The Bertz CT molecular complexity index is 262. The van der Waals surface area contributed by atoms with E-state index in [1.807, 2.05) is 13.8 Å². The average Bonchev–Trinajstić information content (AvgIpc) is 2.05. The number of aryl methyl sites for hydroxylation is 1. The monoisotopic (exact) mass is 167 g/mol. The number of aromatic nitrogens is 2. The first-order valence-corrected chi connectivity index (χ1v) is 3.89. The third kappa shape index (κ3) is 1.84. The van der Waals surface area contributed by atoms with E-state index in [-0.39, 0.29) is 0 Å². The third-order valence-electron chi connectivity index (χ3n) is 1.44. The number of ether oxygens (including phenoxy) is 1. The summed E-state index contributed by atoms with van der Waals surface area (Å²) in [6.45, 7) is 4.68. The maximum Gasteiger partial charge on any atom is 0.179 e. The van der Waals surface area contributed by atoms with Crippen molar-refractivity contribution in [2.45, 2.75) is 13.8 Å². The Morgan fingerprint density at radius 2 is 2.33 bits per heavy atom. The van der Waals surface area contributed by atoms with Crippen LogP contribution < -0.4 is 10.1 Å². The zero-order chi connectivity index (χ0) is 8.97. The summed E-state index contributed by atoms with van der Waals surface area (Å²) in [6, 6.07) is 0. The summed E-state index contributed by atoms with van der Waals surface area (Å²) in [7, 11) is 1.61. The summed E-state index contributed by atoms with van der Waals surface area (Å²) in [5.74, 6) is 2.18. The van der Waals surface area contributed by atoms with E-state index >= 15 is 0 Å². The quantitative estimate of drug-likeness (QED) is 0.735. The molecule has 0 fully saturated rings. The maximum absolute atomic E-state index is 5.07. The van der Waals surface area contributed by atoms with Crippen molar-refractivity contribution in [2.75, 3.05) is 19.0 Å². The van der Waals surface area contributed by atoms with Gasteiger partial charge in [0, 0.05) is 6.54 Å². The van der Waals surface area contributed by atoms with Crippen molar-refractivity contribution in [2.24, 2.45) is 0 Å². The summed E-state index contributed by atoms with van der Waals surface area (Å²) in [6.07, 6.45) is 1.67. The molecule has 0 atom stereocenters. The molecule has 0 amide bonds. The van der Waals surface area contributed by atoms with Crippen LogP contribution in [-0.4, -0.2) is 23.6 Å². The molecule has 66 valence electrons. The molecule has 0 aliphatic rings. The second-order valence-electron chi connectivity index (χ2n) is 2.36. The van der Waals surface area contributed by atoms with Crippen molar-refractivity contribution >= 4 is 5.82 Å². The summed E-state index contributed by atoms with van der Waals surface area (Å²) in [5, 5.41) is 3.09. The predicted molar refractivity (Wildman–Crippen MR) is 47.5 cm³/mol. The van der Waals surface area contributed by atoms with Crippen LogP contribution in [0.2, 0.25) is 0 Å². The molecular weight excluding hydrogens is 154 g/mol. The van der Waals surface area contributed by atoms with Gasteiger partial charge in [0.1, 0.15) is 5.82 Å². The number of rotatable bonds is 3. The Balaban J connectivity index is 2.95. The molecule has 1 aromatic rings. The third-order valence-corrected chi connectivity index (χ3v) is 1.44. The molecule has 0 saturated carbocycles. The molecule has 4 heteroatoms. The molecule has 4 nitrogen and oxygen atoms in total. The van der Waals surface area contributed by atoms with Gasteiger partial charge in [-0.1, -0.05) is 0 Å². The first kappa shape index (κ1) is 8.77.